The zero-order chi connectivity index (χ0) is 13.1. The highest BCUT2D eigenvalue weighted by Crippen LogP contribution is 2.32. The molecule has 1 atom stereocenters. The Labute approximate surface area is 100 Å². The van der Waals surface area contributed by atoms with E-state index in [-0.39, 0.29) is 11.3 Å². The van der Waals surface area contributed by atoms with Gasteiger partial charge < -0.3 is 9.84 Å². The normalized spacial score (nSPS) is 25.0. The molecule has 0 saturated carbocycles. The molecule has 0 bridgehead atoms. The number of ether oxygens (including phenoxy) is 1. The third-order valence-corrected chi connectivity index (χ3v) is 2.47. The van der Waals surface area contributed by atoms with Crippen molar-refractivity contribution in [2.75, 3.05) is 0 Å². The second kappa shape index (κ2) is 4.99. The third kappa shape index (κ3) is 2.64. The van der Waals surface area contributed by atoms with Crippen molar-refractivity contribution in [3.8, 4) is 0 Å². The number of rotatable bonds is 4. The fourth-order valence-electron chi connectivity index (χ4n) is 1.51. The van der Waals surface area contributed by atoms with E-state index in [2.05, 4.69) is 0 Å². The van der Waals surface area contributed by atoms with E-state index < -0.39 is 17.4 Å². The molecule has 92 valence electrons. The summed E-state index contributed by atoms with van der Waals surface area (Å²) in [5, 5.41) is 9.84. The largest absolute Gasteiger partial charge is 0.507 e. The van der Waals surface area contributed by atoms with Gasteiger partial charge in [-0.1, -0.05) is 25.2 Å². The van der Waals surface area contributed by atoms with E-state index in [1.54, 1.807) is 18.2 Å². The predicted molar refractivity (Wildman–Crippen MR) is 63.4 cm³/mol. The molecular formula is C13H16O4. The summed E-state index contributed by atoms with van der Waals surface area (Å²) in [7, 11) is 0. The van der Waals surface area contributed by atoms with E-state index in [0.717, 1.165) is 6.42 Å². The summed E-state index contributed by atoms with van der Waals surface area (Å²) in [6.45, 7) is 4.75. The van der Waals surface area contributed by atoms with Crippen LogP contribution in [0.5, 0.6) is 0 Å². The van der Waals surface area contributed by atoms with Crippen LogP contribution in [0.4, 0.5) is 0 Å². The zero-order valence-corrected chi connectivity index (χ0v) is 10.2. The van der Waals surface area contributed by atoms with E-state index in [0.29, 0.717) is 0 Å². The lowest BCUT2D eigenvalue weighted by Crippen LogP contribution is -2.24. The molecule has 0 radical (unpaired) electrons. The summed E-state index contributed by atoms with van der Waals surface area (Å²) in [6.07, 6.45) is 7.82. The Morgan fingerprint density at radius 3 is 2.59 bits per heavy atom. The van der Waals surface area contributed by atoms with E-state index in [1.807, 2.05) is 13.0 Å². The van der Waals surface area contributed by atoms with Gasteiger partial charge in [0.15, 0.2) is 17.1 Å². The molecular weight excluding hydrogens is 220 g/mol. The number of esters is 1. The van der Waals surface area contributed by atoms with Crippen LogP contribution >= 0.6 is 0 Å². The fraction of sp³-hybridized carbons (Fsp3) is 0.385. The van der Waals surface area contributed by atoms with Crippen molar-refractivity contribution in [2.45, 2.75) is 32.8 Å². The van der Waals surface area contributed by atoms with Gasteiger partial charge in [0, 0.05) is 0 Å². The summed E-state index contributed by atoms with van der Waals surface area (Å²) >= 11 is 0. The third-order valence-electron chi connectivity index (χ3n) is 2.47. The first-order chi connectivity index (χ1) is 7.92. The fourth-order valence-corrected chi connectivity index (χ4v) is 1.51. The molecule has 4 heteroatoms. The number of ketones is 1. The van der Waals surface area contributed by atoms with Crippen LogP contribution in [-0.4, -0.2) is 22.5 Å². The maximum Gasteiger partial charge on any atom is 0.346 e. The molecule has 0 aromatic rings. The number of carbonyl (C=O) groups excluding carboxylic acids is 2. The van der Waals surface area contributed by atoms with Crippen molar-refractivity contribution in [1.29, 1.82) is 0 Å². The van der Waals surface area contributed by atoms with Crippen LogP contribution in [0.3, 0.4) is 0 Å². The molecule has 0 amide bonds. The molecule has 0 aromatic carbocycles. The number of aliphatic hydroxyl groups excluding tert-OH is 1. The number of cyclic esters (lactones) is 1. The number of aliphatic hydroxyl groups is 1. The minimum absolute atomic E-state index is 0.267. The van der Waals surface area contributed by atoms with Crippen LogP contribution in [0.15, 0.2) is 35.6 Å². The first-order valence-electron chi connectivity index (χ1n) is 5.44. The summed E-state index contributed by atoms with van der Waals surface area (Å²) in [5.74, 6) is -1.59. The van der Waals surface area contributed by atoms with E-state index in [9.17, 15) is 14.7 Å². The van der Waals surface area contributed by atoms with E-state index in [1.165, 1.54) is 13.8 Å². The van der Waals surface area contributed by atoms with Crippen LogP contribution in [-0.2, 0) is 14.3 Å². The average Bonchev–Trinajstić information content (AvgIpc) is 2.45. The Morgan fingerprint density at radius 1 is 1.47 bits per heavy atom. The van der Waals surface area contributed by atoms with Gasteiger partial charge in [-0.2, -0.15) is 0 Å². The van der Waals surface area contributed by atoms with Crippen molar-refractivity contribution < 1.29 is 19.4 Å². The molecule has 0 spiro atoms. The Bertz CT molecular complexity index is 429. The van der Waals surface area contributed by atoms with Gasteiger partial charge in [0.1, 0.15) is 5.57 Å². The van der Waals surface area contributed by atoms with Gasteiger partial charge in [0.05, 0.1) is 0 Å². The van der Waals surface area contributed by atoms with Crippen LogP contribution in [0.25, 0.3) is 0 Å². The molecule has 0 aromatic heterocycles. The minimum atomic E-state index is -1.24. The second-order valence-electron chi connectivity index (χ2n) is 3.97. The number of Topliss-reactive ketones (excluding diaryl/α,β-unsaturated/α-hetero) is 1. The predicted octanol–water partition coefficient (Wildman–Crippen LogP) is 2.23. The molecule has 0 unspecified atom stereocenters. The lowest BCUT2D eigenvalue weighted by Gasteiger charge is -2.18. The highest BCUT2D eigenvalue weighted by atomic mass is 16.6. The second-order valence-corrected chi connectivity index (χ2v) is 3.97. The monoisotopic (exact) mass is 236 g/mol. The van der Waals surface area contributed by atoms with Gasteiger partial charge in [0.2, 0.25) is 0 Å². The van der Waals surface area contributed by atoms with Gasteiger partial charge in [-0.25, -0.2) is 4.79 Å². The Balaban J connectivity index is 3.00. The van der Waals surface area contributed by atoms with Crippen LogP contribution in [0, 0.1) is 0 Å². The summed E-state index contributed by atoms with van der Waals surface area (Å²) in [4.78, 5) is 22.6. The highest BCUT2D eigenvalue weighted by Gasteiger charge is 2.44. The quantitative estimate of drug-likeness (QED) is 0.462. The standard InChI is InChI=1S/C13H16O4/c1-4-5-6-7-8-13(3)11(15)10(9(2)14)12(16)17-13/h5-8,15H,4H2,1-3H3/b6-5+,8-7+/t13-/m0/s1. The molecule has 17 heavy (non-hydrogen) atoms. The summed E-state index contributed by atoms with van der Waals surface area (Å²) < 4.78 is 5.01. The average molecular weight is 236 g/mol. The van der Waals surface area contributed by atoms with Crippen LogP contribution in [0.1, 0.15) is 27.2 Å². The van der Waals surface area contributed by atoms with Crippen molar-refractivity contribution in [3.63, 3.8) is 0 Å². The molecule has 1 N–H and O–H groups in total. The molecule has 0 aliphatic carbocycles. The molecule has 4 nitrogen and oxygen atoms in total. The molecule has 1 rings (SSSR count). The van der Waals surface area contributed by atoms with Crippen molar-refractivity contribution in [1.82, 2.24) is 0 Å². The van der Waals surface area contributed by atoms with E-state index in [4.69, 9.17) is 4.74 Å². The van der Waals surface area contributed by atoms with Gasteiger partial charge in [-0.3, -0.25) is 4.79 Å². The van der Waals surface area contributed by atoms with Gasteiger partial charge in [-0.15, -0.1) is 0 Å². The van der Waals surface area contributed by atoms with Gasteiger partial charge >= 0.3 is 5.97 Å². The first-order valence-corrected chi connectivity index (χ1v) is 5.44. The van der Waals surface area contributed by atoms with E-state index >= 15 is 0 Å². The number of hydrogen-bond acceptors (Lipinski definition) is 4. The maximum absolute atomic E-state index is 11.4. The summed E-state index contributed by atoms with van der Waals surface area (Å²) in [5.41, 5.74) is -1.51. The lowest BCUT2D eigenvalue weighted by molar-refractivity contribution is -0.144. The number of allylic oxidation sites excluding steroid dienone is 3. The minimum Gasteiger partial charge on any atom is -0.507 e. The molecule has 0 saturated heterocycles. The Hall–Kier alpha value is -1.84. The van der Waals surface area contributed by atoms with Crippen LogP contribution < -0.4 is 0 Å². The maximum atomic E-state index is 11.4. The Kier molecular flexibility index (Phi) is 3.89. The van der Waals surface area contributed by atoms with Crippen molar-refractivity contribution >= 4 is 11.8 Å². The molecule has 1 aliphatic heterocycles. The van der Waals surface area contributed by atoms with Crippen LogP contribution in [0.2, 0.25) is 0 Å². The summed E-state index contributed by atoms with van der Waals surface area (Å²) in [6, 6.07) is 0. The molecule has 0 fully saturated rings. The smallest absolute Gasteiger partial charge is 0.346 e. The zero-order valence-electron chi connectivity index (χ0n) is 10.2. The first kappa shape index (κ1) is 13.2. The Morgan fingerprint density at radius 2 is 2.12 bits per heavy atom. The van der Waals surface area contributed by atoms with Gasteiger partial charge in [0.25, 0.3) is 0 Å². The lowest BCUT2D eigenvalue weighted by atomic mass is 10.0. The van der Waals surface area contributed by atoms with Gasteiger partial charge in [-0.05, 0) is 26.3 Å². The number of hydrogen-bond donors (Lipinski definition) is 1. The molecule has 1 heterocycles. The molecule has 1 aliphatic rings. The van der Waals surface area contributed by atoms with Crippen molar-refractivity contribution in [3.05, 3.63) is 35.6 Å². The van der Waals surface area contributed by atoms with Crippen molar-refractivity contribution in [2.24, 2.45) is 0 Å². The number of carbonyl (C=O) groups is 2. The SMILES string of the molecule is CC/C=C/C=C/[C@]1(C)OC(=O)C(C(C)=O)=C1O. The highest BCUT2D eigenvalue weighted by molar-refractivity contribution is 6.18. The topological polar surface area (TPSA) is 63.6 Å².